The molecule has 8 nitrogen and oxygen atoms in total. The fraction of sp³-hybridized carbons (Fsp3) is 0.381. The average molecular weight is 398 g/mol. The van der Waals surface area contributed by atoms with Crippen molar-refractivity contribution in [2.24, 2.45) is 11.8 Å². The fourth-order valence-electron chi connectivity index (χ4n) is 4.37. The molecule has 2 heterocycles. The van der Waals surface area contributed by atoms with Crippen molar-refractivity contribution in [3.63, 3.8) is 0 Å². The van der Waals surface area contributed by atoms with Crippen LogP contribution in [-0.2, 0) is 9.59 Å². The molecule has 2 amide bonds. The number of carbonyl (C=O) groups excluding carboxylic acids is 2. The lowest BCUT2D eigenvalue weighted by molar-refractivity contribution is -0.150. The molecule has 2 N–H and O–H groups in total. The van der Waals surface area contributed by atoms with Gasteiger partial charge in [-0.15, -0.1) is 0 Å². The number of amides is 2. The summed E-state index contributed by atoms with van der Waals surface area (Å²) >= 11 is 0. The number of hydrogen-bond acceptors (Lipinski definition) is 5. The van der Waals surface area contributed by atoms with Gasteiger partial charge in [0.25, 0.3) is 11.8 Å². The number of benzene rings is 1. The highest BCUT2D eigenvalue weighted by Gasteiger charge is 2.49. The van der Waals surface area contributed by atoms with Crippen LogP contribution in [0.3, 0.4) is 0 Å². The van der Waals surface area contributed by atoms with Gasteiger partial charge in [0.05, 0.1) is 6.26 Å². The van der Waals surface area contributed by atoms with E-state index in [-0.39, 0.29) is 30.1 Å². The molecule has 2 fully saturated rings. The number of rotatable bonds is 6. The van der Waals surface area contributed by atoms with Crippen LogP contribution >= 0.6 is 0 Å². The maximum atomic E-state index is 12.6. The third-order valence-corrected chi connectivity index (χ3v) is 5.66. The summed E-state index contributed by atoms with van der Waals surface area (Å²) in [6, 6.07) is 9.06. The number of anilines is 1. The molecule has 1 aromatic heterocycles. The summed E-state index contributed by atoms with van der Waals surface area (Å²) in [5.41, 5.74) is 0.496. The van der Waals surface area contributed by atoms with Crippen molar-refractivity contribution in [2.45, 2.75) is 25.3 Å². The largest absolute Gasteiger partial charge is 0.484 e. The second-order valence-corrected chi connectivity index (χ2v) is 7.43. The van der Waals surface area contributed by atoms with Gasteiger partial charge < -0.3 is 24.5 Å². The Balaban J connectivity index is 1.37. The molecule has 0 spiro atoms. The molecule has 1 aromatic carbocycles. The van der Waals surface area contributed by atoms with Crippen molar-refractivity contribution in [1.29, 1.82) is 0 Å². The topological polar surface area (TPSA) is 109 Å². The summed E-state index contributed by atoms with van der Waals surface area (Å²) < 4.78 is 10.6. The first-order valence-corrected chi connectivity index (χ1v) is 9.63. The first-order chi connectivity index (χ1) is 14.0. The average Bonchev–Trinajstić information content (AvgIpc) is 3.42. The van der Waals surface area contributed by atoms with Gasteiger partial charge in [-0.05, 0) is 48.9 Å². The summed E-state index contributed by atoms with van der Waals surface area (Å²) in [6.45, 7) is 0.224. The minimum Gasteiger partial charge on any atom is -0.484 e. The molecule has 1 saturated heterocycles. The quantitative estimate of drug-likeness (QED) is 0.774. The Morgan fingerprint density at radius 2 is 2.07 bits per heavy atom. The van der Waals surface area contributed by atoms with E-state index in [0.29, 0.717) is 18.0 Å². The van der Waals surface area contributed by atoms with Crippen molar-refractivity contribution in [2.75, 3.05) is 18.5 Å². The second-order valence-electron chi connectivity index (χ2n) is 7.43. The number of ether oxygens (including phenoxy) is 1. The van der Waals surface area contributed by atoms with Crippen LogP contribution in [0.5, 0.6) is 5.75 Å². The normalized spacial score (nSPS) is 22.9. The van der Waals surface area contributed by atoms with E-state index in [4.69, 9.17) is 9.15 Å². The predicted molar refractivity (Wildman–Crippen MR) is 103 cm³/mol. The first-order valence-electron chi connectivity index (χ1n) is 9.63. The van der Waals surface area contributed by atoms with E-state index < -0.39 is 17.9 Å². The number of hydrogen-bond donors (Lipinski definition) is 2. The van der Waals surface area contributed by atoms with Gasteiger partial charge >= 0.3 is 5.97 Å². The summed E-state index contributed by atoms with van der Waals surface area (Å²) in [6.07, 6.45) is 4.26. The number of nitrogens with zero attached hydrogens (tertiary/aromatic N) is 1. The number of carboxylic acids is 1. The summed E-state index contributed by atoms with van der Waals surface area (Å²) in [7, 11) is 0. The number of nitrogens with one attached hydrogen (secondary N) is 1. The van der Waals surface area contributed by atoms with Crippen LogP contribution in [0.15, 0.2) is 47.1 Å². The minimum absolute atomic E-state index is 0.0385. The van der Waals surface area contributed by atoms with Crippen molar-refractivity contribution in [3.8, 4) is 5.75 Å². The van der Waals surface area contributed by atoms with E-state index >= 15 is 0 Å². The highest BCUT2D eigenvalue weighted by molar-refractivity contribution is 6.02. The molecule has 1 saturated carbocycles. The molecule has 1 aliphatic carbocycles. The van der Waals surface area contributed by atoms with Crippen molar-refractivity contribution in [1.82, 2.24) is 4.90 Å². The van der Waals surface area contributed by atoms with Gasteiger partial charge in [0.2, 0.25) is 0 Å². The lowest BCUT2D eigenvalue weighted by atomic mass is 9.94. The predicted octanol–water partition coefficient (Wildman–Crippen LogP) is 2.62. The Hall–Kier alpha value is -3.29. The van der Waals surface area contributed by atoms with Crippen LogP contribution in [0, 0.1) is 11.8 Å². The monoisotopic (exact) mass is 398 g/mol. The molecule has 4 rings (SSSR count). The summed E-state index contributed by atoms with van der Waals surface area (Å²) in [5, 5.41) is 12.3. The van der Waals surface area contributed by atoms with Crippen molar-refractivity contribution in [3.05, 3.63) is 48.4 Å². The molecule has 0 bridgehead atoms. The van der Waals surface area contributed by atoms with Gasteiger partial charge in [-0.3, -0.25) is 9.59 Å². The van der Waals surface area contributed by atoms with Crippen LogP contribution in [0.25, 0.3) is 0 Å². The zero-order chi connectivity index (χ0) is 20.4. The maximum absolute atomic E-state index is 12.6. The van der Waals surface area contributed by atoms with Gasteiger partial charge in [-0.2, -0.15) is 0 Å². The molecular weight excluding hydrogens is 376 g/mol. The molecule has 3 unspecified atom stereocenters. The van der Waals surface area contributed by atoms with Gasteiger partial charge in [-0.1, -0.05) is 12.5 Å². The zero-order valence-corrected chi connectivity index (χ0v) is 15.7. The van der Waals surface area contributed by atoms with E-state index in [0.717, 1.165) is 19.3 Å². The lowest BCUT2D eigenvalue weighted by Gasteiger charge is -2.24. The molecule has 29 heavy (non-hydrogen) atoms. The van der Waals surface area contributed by atoms with Gasteiger partial charge in [0.1, 0.15) is 11.8 Å². The molecule has 2 aliphatic rings. The summed E-state index contributed by atoms with van der Waals surface area (Å²) in [4.78, 5) is 37.8. The number of furan rings is 1. The highest BCUT2D eigenvalue weighted by Crippen LogP contribution is 2.42. The van der Waals surface area contributed by atoms with E-state index in [1.165, 1.54) is 11.2 Å². The van der Waals surface area contributed by atoms with Gasteiger partial charge in [-0.25, -0.2) is 4.79 Å². The van der Waals surface area contributed by atoms with Crippen LogP contribution in [0.1, 0.15) is 29.8 Å². The minimum atomic E-state index is -0.949. The Kier molecular flexibility index (Phi) is 5.24. The number of fused-ring (bicyclic) bond motifs is 1. The Morgan fingerprint density at radius 1 is 1.21 bits per heavy atom. The third kappa shape index (κ3) is 3.96. The number of likely N-dealkylation sites (tertiary alicyclic amines) is 1. The van der Waals surface area contributed by atoms with Crippen LogP contribution in [0.4, 0.5) is 5.69 Å². The Morgan fingerprint density at radius 3 is 2.83 bits per heavy atom. The van der Waals surface area contributed by atoms with E-state index in [2.05, 4.69) is 5.32 Å². The van der Waals surface area contributed by atoms with Gasteiger partial charge in [0, 0.05) is 18.3 Å². The van der Waals surface area contributed by atoms with E-state index in [9.17, 15) is 19.5 Å². The molecule has 3 atom stereocenters. The molecule has 1 aliphatic heterocycles. The van der Waals surface area contributed by atoms with Gasteiger partial charge in [0.15, 0.2) is 12.4 Å². The molecule has 2 aromatic rings. The second kappa shape index (κ2) is 7.98. The lowest BCUT2D eigenvalue weighted by Crippen LogP contribution is -2.45. The SMILES string of the molecule is O=C(Nc1cccc(OCC(=O)N2CC3CCCC3C2C(=O)O)c1)c1ccco1. The Bertz CT molecular complexity index is 910. The standard InChI is InChI=1S/C21H22N2O6/c24-18(23-11-13-4-1-7-16(13)19(23)21(26)27)12-29-15-6-2-5-14(10-15)22-20(25)17-8-3-9-28-17/h2-3,5-6,8-10,13,16,19H,1,4,7,11-12H2,(H,22,25)(H,26,27). The maximum Gasteiger partial charge on any atom is 0.326 e. The third-order valence-electron chi connectivity index (χ3n) is 5.66. The number of carboxylic acid groups (broad SMARTS) is 1. The first kappa shape index (κ1) is 19.0. The smallest absolute Gasteiger partial charge is 0.326 e. The fourth-order valence-corrected chi connectivity index (χ4v) is 4.37. The van der Waals surface area contributed by atoms with E-state index in [1.807, 2.05) is 0 Å². The molecule has 8 heteroatoms. The molecular formula is C21H22N2O6. The summed E-state index contributed by atoms with van der Waals surface area (Å²) in [5.74, 6) is -0.784. The van der Waals surface area contributed by atoms with Crippen LogP contribution in [-0.4, -0.2) is 47.0 Å². The Labute approximate surface area is 167 Å². The molecule has 152 valence electrons. The number of carbonyl (C=O) groups is 3. The van der Waals surface area contributed by atoms with Crippen molar-refractivity contribution >= 4 is 23.5 Å². The van der Waals surface area contributed by atoms with Crippen molar-refractivity contribution < 1.29 is 28.6 Å². The van der Waals surface area contributed by atoms with Crippen LogP contribution < -0.4 is 10.1 Å². The van der Waals surface area contributed by atoms with E-state index in [1.54, 1.807) is 36.4 Å². The highest BCUT2D eigenvalue weighted by atomic mass is 16.5. The number of aliphatic carboxylic acids is 1. The van der Waals surface area contributed by atoms with Crippen LogP contribution in [0.2, 0.25) is 0 Å². The zero-order valence-electron chi connectivity index (χ0n) is 15.7. The molecule has 0 radical (unpaired) electrons.